The predicted molar refractivity (Wildman–Crippen MR) is 230 cm³/mol. The first-order valence-electron chi connectivity index (χ1n) is 18.9. The molecule has 0 spiro atoms. The molecule has 0 aliphatic carbocycles. The van der Waals surface area contributed by atoms with E-state index in [0.717, 1.165) is 60.7 Å². The molecule has 0 N–H and O–H groups in total. The first kappa shape index (κ1) is 32.3. The second-order valence-corrected chi connectivity index (χ2v) is 15.9. The summed E-state index contributed by atoms with van der Waals surface area (Å²) in [5.74, 6) is 0. The van der Waals surface area contributed by atoms with Crippen molar-refractivity contribution in [3.8, 4) is 22.9 Å². The molecule has 7 aromatic carbocycles. The van der Waals surface area contributed by atoms with E-state index in [4.69, 9.17) is 0 Å². The molecule has 260 valence electrons. The molecule has 0 aliphatic heterocycles. The molecule has 0 unspecified atom stereocenters. The van der Waals surface area contributed by atoms with Crippen LogP contribution in [0.15, 0.2) is 103 Å². The van der Waals surface area contributed by atoms with Crippen LogP contribution in [0.1, 0.15) is 50.1 Å². The number of rotatable bonds is 2. The number of benzene rings is 7. The van der Waals surface area contributed by atoms with Crippen LogP contribution in [0, 0.1) is 66.7 Å². The fourth-order valence-corrected chi connectivity index (χ4v) is 9.63. The molecule has 0 saturated carbocycles. The Morgan fingerprint density at radius 2 is 1.00 bits per heavy atom. The maximum absolute atomic E-state index is 11.6. The molecule has 0 saturated heterocycles. The van der Waals surface area contributed by atoms with Gasteiger partial charge in [-0.2, -0.15) is 5.26 Å². The van der Waals surface area contributed by atoms with Crippen molar-refractivity contribution in [2.24, 2.45) is 0 Å². The minimum Gasteiger partial charge on any atom is -0.308 e. The molecule has 0 amide bonds. The van der Waals surface area contributed by atoms with E-state index in [-0.39, 0.29) is 0 Å². The Kier molecular flexibility index (Phi) is 6.77. The number of nitrogens with zero attached hydrogens (tertiary/aromatic N) is 3. The lowest BCUT2D eigenvalue weighted by atomic mass is 9.88. The van der Waals surface area contributed by atoms with E-state index in [1.165, 1.54) is 71.3 Å². The Labute approximate surface area is 315 Å². The molecular formula is C51H41N3. The van der Waals surface area contributed by atoms with Crippen LogP contribution in [0.5, 0.6) is 0 Å². The van der Waals surface area contributed by atoms with E-state index < -0.39 is 0 Å². The highest BCUT2D eigenvalue weighted by Crippen LogP contribution is 2.46. The van der Waals surface area contributed by atoms with Gasteiger partial charge in [-0.3, -0.25) is 0 Å². The molecule has 3 nitrogen and oxygen atoms in total. The van der Waals surface area contributed by atoms with Crippen LogP contribution >= 0.6 is 0 Å². The molecule has 3 aromatic heterocycles. The number of nitriles is 1. The average molecular weight is 696 g/mol. The van der Waals surface area contributed by atoms with Crippen LogP contribution in [0.2, 0.25) is 0 Å². The van der Waals surface area contributed by atoms with Gasteiger partial charge in [0.25, 0.3) is 0 Å². The first-order valence-corrected chi connectivity index (χ1v) is 18.9. The molecule has 4 bridgehead atoms. The molecular weight excluding hydrogens is 655 g/mol. The van der Waals surface area contributed by atoms with Gasteiger partial charge in [-0.1, -0.05) is 76.3 Å². The van der Waals surface area contributed by atoms with Crippen molar-refractivity contribution in [1.82, 2.24) is 8.97 Å². The van der Waals surface area contributed by atoms with Gasteiger partial charge < -0.3 is 8.97 Å². The van der Waals surface area contributed by atoms with E-state index in [1.54, 1.807) is 0 Å². The Hall–Kier alpha value is -6.37. The minimum atomic E-state index is 0.690. The molecule has 3 heterocycles. The summed E-state index contributed by atoms with van der Waals surface area (Å²) in [4.78, 5) is 0. The van der Waals surface area contributed by atoms with E-state index >= 15 is 0 Å². The van der Waals surface area contributed by atoms with Crippen molar-refractivity contribution in [1.29, 1.82) is 5.26 Å². The zero-order chi connectivity index (χ0) is 37.3. The lowest BCUT2D eigenvalue weighted by Gasteiger charge is -2.22. The fraction of sp³-hybridized carbons (Fsp3) is 0.157. The third kappa shape index (κ3) is 4.47. The standard InChI is InChI=1S/C51H41N3/c1-27-9-12-44-39(20-27)40-21-28(2)10-13-45(40)53(44)50-34(8)48(36-17-30(4)15-31(5)18-36)43(26-52)51-49(50)37-19-32(6)16-35(24-37)38-25-47-42(23-33(38)7)41-22-29(3)11-14-46(41)54(47)51/h9-25H,1-8H3. The summed E-state index contributed by atoms with van der Waals surface area (Å²) in [5.41, 5.74) is 18.9. The van der Waals surface area contributed by atoms with Crippen LogP contribution in [-0.2, 0) is 0 Å². The fourth-order valence-electron chi connectivity index (χ4n) is 9.63. The quantitative estimate of drug-likeness (QED) is 0.177. The number of aromatic nitrogens is 2. The van der Waals surface area contributed by atoms with Gasteiger partial charge in [-0.15, -0.1) is 0 Å². The van der Waals surface area contributed by atoms with E-state index in [0.29, 0.717) is 5.56 Å². The van der Waals surface area contributed by atoms with E-state index in [2.05, 4.69) is 174 Å². The molecule has 0 atom stereocenters. The maximum atomic E-state index is 11.6. The Balaban J connectivity index is 1.63. The topological polar surface area (TPSA) is 33.1 Å². The summed E-state index contributed by atoms with van der Waals surface area (Å²) in [6.07, 6.45) is 0. The molecule has 0 aliphatic rings. The molecule has 0 fully saturated rings. The summed E-state index contributed by atoms with van der Waals surface area (Å²) in [6.45, 7) is 17.5. The minimum absolute atomic E-state index is 0.690. The Morgan fingerprint density at radius 3 is 1.61 bits per heavy atom. The third-order valence-electron chi connectivity index (χ3n) is 11.8. The van der Waals surface area contributed by atoms with Crippen molar-refractivity contribution >= 4 is 70.7 Å². The molecule has 3 heteroatoms. The van der Waals surface area contributed by atoms with Crippen LogP contribution in [0.3, 0.4) is 0 Å². The molecule has 10 aromatic rings. The number of hydrogen-bond donors (Lipinski definition) is 0. The lowest BCUT2D eigenvalue weighted by Crippen LogP contribution is -2.05. The van der Waals surface area contributed by atoms with Crippen LogP contribution in [0.25, 0.3) is 87.5 Å². The highest BCUT2D eigenvalue weighted by molar-refractivity contribution is 6.19. The second-order valence-electron chi connectivity index (χ2n) is 15.9. The van der Waals surface area contributed by atoms with Gasteiger partial charge in [0, 0.05) is 32.5 Å². The normalized spacial score (nSPS) is 12.1. The van der Waals surface area contributed by atoms with Crippen molar-refractivity contribution in [2.45, 2.75) is 55.4 Å². The van der Waals surface area contributed by atoms with Crippen LogP contribution < -0.4 is 0 Å². The van der Waals surface area contributed by atoms with Gasteiger partial charge in [0.1, 0.15) is 6.07 Å². The molecule has 0 radical (unpaired) electrons. The Morgan fingerprint density at radius 1 is 0.463 bits per heavy atom. The van der Waals surface area contributed by atoms with Crippen LogP contribution in [0.4, 0.5) is 0 Å². The number of fused-ring (bicyclic) bond motifs is 13. The van der Waals surface area contributed by atoms with Crippen molar-refractivity contribution in [2.75, 3.05) is 0 Å². The highest BCUT2D eigenvalue weighted by atomic mass is 15.0. The average Bonchev–Trinajstić information content (AvgIpc) is 3.60. The zero-order valence-corrected chi connectivity index (χ0v) is 32.2. The Bertz CT molecular complexity index is 3280. The van der Waals surface area contributed by atoms with Crippen LogP contribution in [-0.4, -0.2) is 8.97 Å². The smallest absolute Gasteiger partial charge is 0.102 e. The lowest BCUT2D eigenvalue weighted by molar-refractivity contribution is 1.16. The summed E-state index contributed by atoms with van der Waals surface area (Å²) >= 11 is 0. The monoisotopic (exact) mass is 695 g/mol. The van der Waals surface area contributed by atoms with Crippen molar-refractivity contribution in [3.63, 3.8) is 0 Å². The van der Waals surface area contributed by atoms with Gasteiger partial charge >= 0.3 is 0 Å². The van der Waals surface area contributed by atoms with Gasteiger partial charge in [-0.05, 0) is 148 Å². The molecule has 10 rings (SSSR count). The number of aryl methyl sites for hydroxylation is 7. The van der Waals surface area contributed by atoms with Crippen molar-refractivity contribution < 1.29 is 0 Å². The third-order valence-corrected chi connectivity index (χ3v) is 11.8. The van der Waals surface area contributed by atoms with Gasteiger partial charge in [0.15, 0.2) is 0 Å². The summed E-state index contributed by atoms with van der Waals surface area (Å²) < 4.78 is 4.92. The van der Waals surface area contributed by atoms with E-state index in [1.807, 2.05) is 0 Å². The largest absolute Gasteiger partial charge is 0.308 e. The van der Waals surface area contributed by atoms with E-state index in [9.17, 15) is 5.26 Å². The summed E-state index contributed by atoms with van der Waals surface area (Å²) in [6, 6.07) is 41.8. The SMILES string of the molecule is Cc1cc(C)cc(-c2c(C)c(-n3c4ccc(C)cc4c4cc(C)ccc43)c3c4cc(C)cc(c4)c4cc5c(cc4C)c4cc(C)ccc4n5c3c2C#N)c1. The predicted octanol–water partition coefficient (Wildman–Crippen LogP) is 13.7. The van der Waals surface area contributed by atoms with Gasteiger partial charge in [0.2, 0.25) is 0 Å². The van der Waals surface area contributed by atoms with Crippen molar-refractivity contribution in [3.05, 3.63) is 153 Å². The highest BCUT2D eigenvalue weighted by Gasteiger charge is 2.26. The second kappa shape index (κ2) is 11.3. The molecule has 54 heavy (non-hydrogen) atoms. The van der Waals surface area contributed by atoms with Gasteiger partial charge in [0.05, 0.1) is 38.8 Å². The maximum Gasteiger partial charge on any atom is 0.102 e. The zero-order valence-electron chi connectivity index (χ0n) is 32.2. The summed E-state index contributed by atoms with van der Waals surface area (Å²) in [5, 5.41) is 21.1. The first-order chi connectivity index (χ1) is 26.0. The summed E-state index contributed by atoms with van der Waals surface area (Å²) in [7, 11) is 0. The van der Waals surface area contributed by atoms with Gasteiger partial charge in [-0.25, -0.2) is 0 Å². The number of hydrogen-bond acceptors (Lipinski definition) is 1.